The molecule has 28 heavy (non-hydrogen) atoms. The molecule has 7 heteroatoms. The van der Waals surface area contributed by atoms with Crippen molar-refractivity contribution in [3.05, 3.63) is 71.5 Å². The Morgan fingerprint density at radius 2 is 1.75 bits per heavy atom. The smallest absolute Gasteiger partial charge is 0.230 e. The molecule has 1 amide bonds. The molecule has 1 heterocycles. The van der Waals surface area contributed by atoms with E-state index in [1.807, 2.05) is 29.7 Å². The van der Waals surface area contributed by atoms with Crippen LogP contribution in [0.2, 0.25) is 0 Å². The summed E-state index contributed by atoms with van der Waals surface area (Å²) < 4.78 is 2.04. The highest BCUT2D eigenvalue weighted by Gasteiger charge is 2.12. The fourth-order valence-corrected chi connectivity index (χ4v) is 4.17. The number of nitrogens with one attached hydrogen (secondary N) is 1. The molecule has 0 saturated heterocycles. The third kappa shape index (κ3) is 6.14. The van der Waals surface area contributed by atoms with Crippen molar-refractivity contribution in [3.63, 3.8) is 0 Å². The van der Waals surface area contributed by atoms with Gasteiger partial charge in [0.25, 0.3) is 0 Å². The molecule has 1 N–H and O–H groups in total. The van der Waals surface area contributed by atoms with Crippen LogP contribution in [0.25, 0.3) is 0 Å². The normalized spacial score (nSPS) is 10.8. The van der Waals surface area contributed by atoms with Crippen LogP contribution < -0.4 is 5.32 Å². The van der Waals surface area contributed by atoms with Gasteiger partial charge in [-0.1, -0.05) is 59.8 Å². The Morgan fingerprint density at radius 1 is 1.00 bits per heavy atom. The zero-order valence-electron chi connectivity index (χ0n) is 16.1. The standard InChI is InChI=1S/C21H24N4OS2/c1-16-8-10-19(11-9-16)27-13-12-22-20(26)15-28-21-24-23-17(2)25(21)14-18-6-4-3-5-7-18/h3-11H,12-15H2,1-2H3,(H,22,26). The van der Waals surface area contributed by atoms with Crippen LogP contribution in [-0.4, -0.2) is 38.7 Å². The third-order valence-corrected chi connectivity index (χ3v) is 6.11. The Morgan fingerprint density at radius 3 is 2.50 bits per heavy atom. The van der Waals surface area contributed by atoms with Gasteiger partial charge in [-0.3, -0.25) is 4.79 Å². The fraction of sp³-hybridized carbons (Fsp3) is 0.286. The van der Waals surface area contributed by atoms with E-state index >= 15 is 0 Å². The molecule has 0 bridgehead atoms. The number of carbonyl (C=O) groups excluding carboxylic acids is 1. The SMILES string of the molecule is Cc1ccc(SCCNC(=O)CSc2nnc(C)n2Cc2ccccc2)cc1. The van der Waals surface area contributed by atoms with Gasteiger partial charge in [-0.2, -0.15) is 0 Å². The van der Waals surface area contributed by atoms with Gasteiger partial charge in [-0.25, -0.2) is 0 Å². The largest absolute Gasteiger partial charge is 0.355 e. The lowest BCUT2D eigenvalue weighted by atomic mass is 10.2. The number of thioether (sulfide) groups is 2. The molecular formula is C21H24N4OS2. The number of rotatable bonds is 9. The van der Waals surface area contributed by atoms with Crippen LogP contribution in [0.1, 0.15) is 17.0 Å². The summed E-state index contributed by atoms with van der Waals surface area (Å²) in [6.45, 7) is 5.36. The summed E-state index contributed by atoms with van der Waals surface area (Å²) in [7, 11) is 0. The molecule has 0 aliphatic heterocycles. The first-order valence-electron chi connectivity index (χ1n) is 9.14. The first-order chi connectivity index (χ1) is 13.6. The number of carbonyl (C=O) groups is 1. The maximum absolute atomic E-state index is 12.2. The first kappa shape index (κ1) is 20.5. The second-order valence-corrected chi connectivity index (χ2v) is 8.51. The Bertz CT molecular complexity index is 895. The fourth-order valence-electron chi connectivity index (χ4n) is 2.59. The summed E-state index contributed by atoms with van der Waals surface area (Å²) in [5, 5.41) is 12.1. The summed E-state index contributed by atoms with van der Waals surface area (Å²) in [5.41, 5.74) is 2.44. The highest BCUT2D eigenvalue weighted by Crippen LogP contribution is 2.19. The summed E-state index contributed by atoms with van der Waals surface area (Å²) in [4.78, 5) is 13.4. The maximum atomic E-state index is 12.2. The minimum Gasteiger partial charge on any atom is -0.355 e. The molecule has 1 aromatic heterocycles. The van der Waals surface area contributed by atoms with Crippen molar-refractivity contribution in [1.82, 2.24) is 20.1 Å². The first-order valence-corrected chi connectivity index (χ1v) is 11.1. The minimum absolute atomic E-state index is 0.0152. The Kier molecular flexibility index (Phi) is 7.56. The Labute approximate surface area is 174 Å². The van der Waals surface area contributed by atoms with Gasteiger partial charge in [-0.15, -0.1) is 22.0 Å². The second kappa shape index (κ2) is 10.3. The number of hydrogen-bond acceptors (Lipinski definition) is 5. The van der Waals surface area contributed by atoms with E-state index in [4.69, 9.17) is 0 Å². The van der Waals surface area contributed by atoms with Crippen LogP contribution in [0.5, 0.6) is 0 Å². The lowest BCUT2D eigenvalue weighted by molar-refractivity contribution is -0.118. The van der Waals surface area contributed by atoms with E-state index in [2.05, 4.69) is 58.8 Å². The van der Waals surface area contributed by atoms with Crippen molar-refractivity contribution in [2.45, 2.75) is 30.4 Å². The van der Waals surface area contributed by atoms with Crippen LogP contribution >= 0.6 is 23.5 Å². The van der Waals surface area contributed by atoms with E-state index in [0.29, 0.717) is 18.8 Å². The van der Waals surface area contributed by atoms with Crippen molar-refractivity contribution < 1.29 is 4.79 Å². The van der Waals surface area contributed by atoms with Crippen molar-refractivity contribution in [2.75, 3.05) is 18.1 Å². The van der Waals surface area contributed by atoms with E-state index < -0.39 is 0 Å². The zero-order chi connectivity index (χ0) is 19.8. The Hall–Kier alpha value is -2.25. The van der Waals surface area contributed by atoms with Gasteiger partial charge in [0.05, 0.1) is 12.3 Å². The number of aryl methyl sites for hydroxylation is 2. The molecular weight excluding hydrogens is 388 g/mol. The molecule has 146 valence electrons. The predicted octanol–water partition coefficient (Wildman–Crippen LogP) is 3.94. The topological polar surface area (TPSA) is 59.8 Å². The average molecular weight is 413 g/mol. The minimum atomic E-state index is 0.0152. The number of nitrogens with zero attached hydrogens (tertiary/aromatic N) is 3. The predicted molar refractivity (Wildman–Crippen MR) is 116 cm³/mol. The van der Waals surface area contributed by atoms with Crippen LogP contribution in [0, 0.1) is 13.8 Å². The maximum Gasteiger partial charge on any atom is 0.230 e. The van der Waals surface area contributed by atoms with Crippen molar-refractivity contribution in [3.8, 4) is 0 Å². The zero-order valence-corrected chi connectivity index (χ0v) is 17.7. The van der Waals surface area contributed by atoms with Crippen LogP contribution in [-0.2, 0) is 11.3 Å². The van der Waals surface area contributed by atoms with E-state index in [1.165, 1.54) is 27.8 Å². The summed E-state index contributed by atoms with van der Waals surface area (Å²) in [5.74, 6) is 2.05. The lowest BCUT2D eigenvalue weighted by Crippen LogP contribution is -2.27. The van der Waals surface area contributed by atoms with Gasteiger partial charge in [0.2, 0.25) is 5.91 Å². The molecule has 3 rings (SSSR count). The van der Waals surface area contributed by atoms with Gasteiger partial charge in [0, 0.05) is 17.2 Å². The number of hydrogen-bond donors (Lipinski definition) is 1. The summed E-state index contributed by atoms with van der Waals surface area (Å²) >= 11 is 3.17. The lowest BCUT2D eigenvalue weighted by Gasteiger charge is -2.09. The second-order valence-electron chi connectivity index (χ2n) is 6.40. The molecule has 0 unspecified atom stereocenters. The van der Waals surface area contributed by atoms with Crippen LogP contribution in [0.4, 0.5) is 0 Å². The summed E-state index contributed by atoms with van der Waals surface area (Å²) in [6, 6.07) is 18.6. The van der Waals surface area contributed by atoms with Gasteiger partial charge in [-0.05, 0) is 31.5 Å². The van der Waals surface area contributed by atoms with E-state index in [-0.39, 0.29) is 5.91 Å². The molecule has 0 aliphatic rings. The summed E-state index contributed by atoms with van der Waals surface area (Å²) in [6.07, 6.45) is 0. The molecule has 0 saturated carbocycles. The van der Waals surface area contributed by atoms with Gasteiger partial charge in [0.15, 0.2) is 5.16 Å². The highest BCUT2D eigenvalue weighted by molar-refractivity contribution is 7.99. The van der Waals surface area contributed by atoms with Crippen LogP contribution in [0.15, 0.2) is 64.6 Å². The van der Waals surface area contributed by atoms with Gasteiger partial charge in [0.1, 0.15) is 5.82 Å². The molecule has 0 atom stereocenters. The average Bonchev–Trinajstić information content (AvgIpc) is 3.05. The molecule has 3 aromatic rings. The van der Waals surface area contributed by atoms with Crippen molar-refractivity contribution >= 4 is 29.4 Å². The number of benzene rings is 2. The third-order valence-electron chi connectivity index (χ3n) is 4.13. The van der Waals surface area contributed by atoms with Gasteiger partial charge < -0.3 is 9.88 Å². The molecule has 0 fully saturated rings. The highest BCUT2D eigenvalue weighted by atomic mass is 32.2. The van der Waals surface area contributed by atoms with E-state index in [1.54, 1.807) is 11.8 Å². The Balaban J connectivity index is 1.42. The molecule has 2 aromatic carbocycles. The van der Waals surface area contributed by atoms with E-state index in [9.17, 15) is 4.79 Å². The van der Waals surface area contributed by atoms with Gasteiger partial charge >= 0.3 is 0 Å². The van der Waals surface area contributed by atoms with Crippen LogP contribution in [0.3, 0.4) is 0 Å². The molecule has 0 spiro atoms. The van der Waals surface area contributed by atoms with E-state index in [0.717, 1.165) is 16.7 Å². The quantitative estimate of drug-likeness (QED) is 0.426. The number of amides is 1. The van der Waals surface area contributed by atoms with Crippen molar-refractivity contribution in [1.29, 1.82) is 0 Å². The number of aromatic nitrogens is 3. The molecule has 0 radical (unpaired) electrons. The molecule has 0 aliphatic carbocycles. The van der Waals surface area contributed by atoms with Crippen molar-refractivity contribution in [2.24, 2.45) is 0 Å². The monoisotopic (exact) mass is 412 g/mol. The molecule has 5 nitrogen and oxygen atoms in total.